The molecule has 7 aromatic carbocycles. The number of para-hydroxylation sites is 1. The highest BCUT2D eigenvalue weighted by Gasteiger charge is 2.32. The molecule has 2 heteroatoms. The molecule has 0 radical (unpaired) electrons. The van der Waals surface area contributed by atoms with Crippen LogP contribution in [-0.4, -0.2) is 0 Å². The van der Waals surface area contributed by atoms with Gasteiger partial charge < -0.3 is 9.64 Å². The first kappa shape index (κ1) is 38.7. The van der Waals surface area contributed by atoms with Gasteiger partial charge in [-0.1, -0.05) is 187 Å². The molecule has 0 saturated carbocycles. The van der Waals surface area contributed by atoms with Gasteiger partial charge in [0.15, 0.2) is 0 Å². The van der Waals surface area contributed by atoms with Crippen LogP contribution in [0.5, 0.6) is 11.5 Å². The zero-order chi connectivity index (χ0) is 41.4. The average molecular weight is 778 g/mol. The minimum atomic E-state index is -0.0538. The molecule has 0 spiro atoms. The van der Waals surface area contributed by atoms with Gasteiger partial charge >= 0.3 is 0 Å². The van der Waals surface area contributed by atoms with Crippen LogP contribution in [0.15, 0.2) is 187 Å². The van der Waals surface area contributed by atoms with Crippen LogP contribution in [-0.2, 0) is 5.41 Å². The maximum atomic E-state index is 6.82. The van der Waals surface area contributed by atoms with Gasteiger partial charge in [-0.25, -0.2) is 0 Å². The van der Waals surface area contributed by atoms with E-state index < -0.39 is 0 Å². The van der Waals surface area contributed by atoms with Crippen molar-refractivity contribution < 1.29 is 4.74 Å². The van der Waals surface area contributed by atoms with Gasteiger partial charge in [0.05, 0.1) is 5.69 Å². The molecular weight excluding hydrogens is 727 g/mol. The number of hydrogen-bond acceptors (Lipinski definition) is 2. The van der Waals surface area contributed by atoms with E-state index in [1.54, 1.807) is 0 Å². The molecular formula is C58H51NO. The smallest absolute Gasteiger partial charge is 0.135 e. The summed E-state index contributed by atoms with van der Waals surface area (Å²) in [4.78, 5) is 2.53. The minimum Gasteiger partial charge on any atom is -0.456 e. The van der Waals surface area contributed by atoms with Crippen molar-refractivity contribution in [1.29, 1.82) is 0 Å². The SMILES string of the molecule is CC(C)(C)C1=CC(c2ccccc2)=C(N(c2ccc3c(c2)C(=C(c2ccccc2)c2ccccc2)c2ccccc2O3)c2ccc(C(C)(C)C)cc2-c2c#cccc2)CC1. The molecule has 0 amide bonds. The topological polar surface area (TPSA) is 12.5 Å². The summed E-state index contributed by atoms with van der Waals surface area (Å²) in [6, 6.07) is 67.7. The van der Waals surface area contributed by atoms with Gasteiger partial charge in [0.2, 0.25) is 0 Å². The van der Waals surface area contributed by atoms with E-state index in [4.69, 9.17) is 4.74 Å². The van der Waals surface area contributed by atoms with Crippen molar-refractivity contribution in [1.82, 2.24) is 0 Å². The molecule has 0 bridgehead atoms. The summed E-state index contributed by atoms with van der Waals surface area (Å²) in [5, 5.41) is 0. The van der Waals surface area contributed by atoms with E-state index in [1.807, 2.05) is 6.07 Å². The Labute approximate surface area is 356 Å². The van der Waals surface area contributed by atoms with Crippen LogP contribution in [0.25, 0.3) is 27.8 Å². The van der Waals surface area contributed by atoms with Gasteiger partial charge in [0, 0.05) is 44.8 Å². The summed E-state index contributed by atoms with van der Waals surface area (Å²) in [7, 11) is 0. The first-order valence-corrected chi connectivity index (χ1v) is 21.1. The number of fused-ring (bicyclic) bond motifs is 2. The zero-order valence-corrected chi connectivity index (χ0v) is 35.5. The lowest BCUT2D eigenvalue weighted by molar-refractivity contribution is 0.474. The van der Waals surface area contributed by atoms with Gasteiger partial charge in [-0.05, 0) is 100 Å². The molecule has 0 atom stereocenters. The van der Waals surface area contributed by atoms with Crippen molar-refractivity contribution in [2.45, 2.75) is 59.8 Å². The molecule has 0 unspecified atom stereocenters. The van der Waals surface area contributed by atoms with E-state index in [-0.39, 0.29) is 10.8 Å². The maximum Gasteiger partial charge on any atom is 0.135 e. The summed E-state index contributed by atoms with van der Waals surface area (Å²) in [6.07, 6.45) is 4.31. The second-order valence-corrected chi connectivity index (χ2v) is 17.9. The molecule has 60 heavy (non-hydrogen) atoms. The van der Waals surface area contributed by atoms with Crippen molar-refractivity contribution in [2.24, 2.45) is 5.41 Å². The zero-order valence-electron chi connectivity index (χ0n) is 35.5. The Hall–Kier alpha value is -6.82. The van der Waals surface area contributed by atoms with E-state index in [1.165, 1.54) is 33.5 Å². The number of hydrogen-bond donors (Lipinski definition) is 0. The van der Waals surface area contributed by atoms with Crippen molar-refractivity contribution in [2.75, 3.05) is 4.90 Å². The second-order valence-electron chi connectivity index (χ2n) is 17.9. The number of anilines is 2. The summed E-state index contributed by atoms with van der Waals surface area (Å²) in [6.45, 7) is 13.9. The van der Waals surface area contributed by atoms with Crippen LogP contribution < -0.4 is 9.64 Å². The van der Waals surface area contributed by atoms with Crippen LogP contribution in [0.4, 0.5) is 11.4 Å². The van der Waals surface area contributed by atoms with E-state index in [0.29, 0.717) is 0 Å². The first-order chi connectivity index (χ1) is 29.0. The van der Waals surface area contributed by atoms with Crippen molar-refractivity contribution >= 4 is 28.1 Å². The summed E-state index contributed by atoms with van der Waals surface area (Å²) < 4.78 is 6.82. The summed E-state index contributed by atoms with van der Waals surface area (Å²) in [5.41, 5.74) is 17.5. The van der Waals surface area contributed by atoms with Crippen LogP contribution in [0, 0.1) is 17.5 Å². The van der Waals surface area contributed by atoms with Crippen LogP contribution in [0.2, 0.25) is 0 Å². The monoisotopic (exact) mass is 777 g/mol. The van der Waals surface area contributed by atoms with Gasteiger partial charge in [0.1, 0.15) is 11.5 Å². The van der Waals surface area contributed by atoms with E-state index in [2.05, 4.69) is 228 Å². The third-order valence-electron chi connectivity index (χ3n) is 11.9. The molecule has 2 aliphatic rings. The summed E-state index contributed by atoms with van der Waals surface area (Å²) in [5.74, 6) is 1.69. The number of allylic oxidation sites excluding steroid dienone is 4. The second kappa shape index (κ2) is 15.7. The van der Waals surface area contributed by atoms with Gasteiger partial charge in [0.25, 0.3) is 0 Å². The Morgan fingerprint density at radius 1 is 0.567 bits per heavy atom. The fraction of sp³-hybridized carbons (Fsp3) is 0.172. The molecule has 7 aromatic rings. The summed E-state index contributed by atoms with van der Waals surface area (Å²) >= 11 is 0. The fourth-order valence-corrected chi connectivity index (χ4v) is 8.67. The minimum absolute atomic E-state index is 0.0340. The Morgan fingerprint density at radius 2 is 1.22 bits per heavy atom. The normalized spacial score (nSPS) is 13.7. The first-order valence-electron chi connectivity index (χ1n) is 21.1. The highest BCUT2D eigenvalue weighted by Crippen LogP contribution is 2.52. The number of ether oxygens (including phenoxy) is 1. The lowest BCUT2D eigenvalue weighted by atomic mass is 9.78. The quantitative estimate of drug-likeness (QED) is 0.160. The van der Waals surface area contributed by atoms with Crippen molar-refractivity contribution in [3.05, 3.63) is 233 Å². The van der Waals surface area contributed by atoms with Crippen molar-refractivity contribution in [3.63, 3.8) is 0 Å². The Balaban J connectivity index is 1.38. The molecule has 1 aliphatic carbocycles. The van der Waals surface area contributed by atoms with E-state index >= 15 is 0 Å². The highest BCUT2D eigenvalue weighted by atomic mass is 16.5. The molecule has 0 fully saturated rings. The highest BCUT2D eigenvalue weighted by molar-refractivity contribution is 6.08. The predicted octanol–water partition coefficient (Wildman–Crippen LogP) is 15.7. The molecule has 1 aliphatic heterocycles. The standard InChI is InChI=1S/C58H51NO/c1-57(2,3)44-31-34-51(48(37-44)40-21-11-7-12-22-40)59(52-35-32-45(58(4,5)6)38-49(52)41-23-13-8-14-24-41)46-33-36-54-50(39-46)56(47-29-19-20-30-53(47)60-54)55(42-25-15-9-16-26-42)43-27-17-10-18-28-43/h7-13,15-23,25-30,32-33,35-39H,31,34H2,1-6H3. The lowest BCUT2D eigenvalue weighted by Crippen LogP contribution is -2.23. The molecule has 0 N–H and O–H groups in total. The molecule has 2 nitrogen and oxygen atoms in total. The fourth-order valence-electron chi connectivity index (χ4n) is 8.67. The number of nitrogens with zero attached hydrogens (tertiary/aromatic N) is 1. The third kappa shape index (κ3) is 7.49. The predicted molar refractivity (Wildman–Crippen MR) is 251 cm³/mol. The van der Waals surface area contributed by atoms with E-state index in [0.717, 1.165) is 74.7 Å². The van der Waals surface area contributed by atoms with Crippen LogP contribution in [0.3, 0.4) is 0 Å². The molecule has 9 rings (SSSR count). The average Bonchev–Trinajstić information content (AvgIpc) is 3.27. The van der Waals surface area contributed by atoms with Crippen molar-refractivity contribution in [3.8, 4) is 22.6 Å². The Bertz CT molecular complexity index is 2720. The lowest BCUT2D eigenvalue weighted by Gasteiger charge is -2.37. The Morgan fingerprint density at radius 3 is 1.87 bits per heavy atom. The molecule has 0 saturated heterocycles. The number of benzene rings is 6. The van der Waals surface area contributed by atoms with E-state index in [9.17, 15) is 0 Å². The molecule has 1 heterocycles. The van der Waals surface area contributed by atoms with Crippen LogP contribution in [0.1, 0.15) is 87.8 Å². The number of rotatable bonds is 7. The van der Waals surface area contributed by atoms with Gasteiger partial charge in [-0.3, -0.25) is 0 Å². The largest absolute Gasteiger partial charge is 0.456 e. The molecule has 0 aromatic heterocycles. The van der Waals surface area contributed by atoms with Crippen LogP contribution >= 0.6 is 0 Å². The van der Waals surface area contributed by atoms with Gasteiger partial charge in [-0.15, -0.1) is 0 Å². The maximum absolute atomic E-state index is 6.82. The molecule has 294 valence electrons. The Kier molecular flexibility index (Phi) is 10.1. The third-order valence-corrected chi connectivity index (χ3v) is 11.9. The van der Waals surface area contributed by atoms with Gasteiger partial charge in [-0.2, -0.15) is 0 Å².